The van der Waals surface area contributed by atoms with Gasteiger partial charge in [-0.3, -0.25) is 0 Å². The molecule has 1 aromatic rings. The Morgan fingerprint density at radius 2 is 1.91 bits per heavy atom. The molecular weight excluding hydrogens is 388 g/mol. The lowest BCUT2D eigenvalue weighted by Gasteiger charge is -2.20. The van der Waals surface area contributed by atoms with Crippen LogP contribution in [0, 0.1) is 0 Å². The molecule has 0 atom stereocenters. The number of carbonyl (C=O) groups excluding carboxylic acids is 2. The van der Waals surface area contributed by atoms with Crippen molar-refractivity contribution < 1.29 is 19.1 Å². The molecule has 0 aromatic heterocycles. The Morgan fingerprint density at radius 1 is 1.26 bits per heavy atom. The fraction of sp³-hybridized carbons (Fsp3) is 0.467. The van der Waals surface area contributed by atoms with Gasteiger partial charge in [0.1, 0.15) is 11.2 Å². The Kier molecular flexibility index (Phi) is 7.15. The van der Waals surface area contributed by atoms with Gasteiger partial charge in [0.05, 0.1) is 17.8 Å². The van der Waals surface area contributed by atoms with Crippen molar-refractivity contribution in [3.8, 4) is 0 Å². The van der Waals surface area contributed by atoms with Crippen LogP contribution in [0.25, 0.3) is 0 Å². The second-order valence-corrected chi connectivity index (χ2v) is 6.86. The van der Waals surface area contributed by atoms with Gasteiger partial charge in [0, 0.05) is 17.6 Å². The molecule has 0 fully saturated rings. The minimum absolute atomic E-state index is 0.237. The molecule has 0 spiro atoms. The predicted octanol–water partition coefficient (Wildman–Crippen LogP) is 3.83. The molecular formula is C15H20BrClN2O4. The first-order valence-electron chi connectivity index (χ1n) is 6.92. The second-order valence-electron chi connectivity index (χ2n) is 5.63. The molecule has 8 heteroatoms. The van der Waals surface area contributed by atoms with Crippen molar-refractivity contribution in [2.45, 2.75) is 26.4 Å². The summed E-state index contributed by atoms with van der Waals surface area (Å²) < 4.78 is 10.5. The third-order valence-electron chi connectivity index (χ3n) is 2.59. The first-order chi connectivity index (χ1) is 10.7. The summed E-state index contributed by atoms with van der Waals surface area (Å²) in [5, 5.41) is 5.92. The van der Waals surface area contributed by atoms with Gasteiger partial charge in [-0.05, 0) is 48.8 Å². The predicted molar refractivity (Wildman–Crippen MR) is 93.2 cm³/mol. The molecule has 0 aliphatic carbocycles. The van der Waals surface area contributed by atoms with Crippen molar-refractivity contribution >= 4 is 45.3 Å². The zero-order chi connectivity index (χ0) is 17.6. The van der Waals surface area contributed by atoms with Crippen LogP contribution in [0.3, 0.4) is 0 Å². The molecule has 0 saturated heterocycles. The summed E-state index contributed by atoms with van der Waals surface area (Å²) in [6, 6.07) is 3.42. The van der Waals surface area contributed by atoms with E-state index in [2.05, 4.69) is 26.6 Å². The van der Waals surface area contributed by atoms with E-state index < -0.39 is 17.7 Å². The van der Waals surface area contributed by atoms with Gasteiger partial charge in [-0.25, -0.2) is 9.59 Å². The minimum atomic E-state index is -0.547. The van der Waals surface area contributed by atoms with E-state index in [4.69, 9.17) is 21.1 Å². The van der Waals surface area contributed by atoms with Crippen molar-refractivity contribution in [2.24, 2.45) is 0 Å². The number of nitrogens with one attached hydrogen (secondary N) is 2. The summed E-state index contributed by atoms with van der Waals surface area (Å²) in [4.78, 5) is 23.4. The maximum absolute atomic E-state index is 11.8. The Hall–Kier alpha value is -1.47. The minimum Gasteiger partial charge on any atom is -0.465 e. The van der Waals surface area contributed by atoms with Crippen LogP contribution >= 0.6 is 27.5 Å². The molecule has 0 radical (unpaired) electrons. The molecule has 1 amide bonds. The molecule has 0 bridgehead atoms. The van der Waals surface area contributed by atoms with E-state index in [1.807, 2.05) is 0 Å². The number of esters is 1. The number of anilines is 1. The highest BCUT2D eigenvalue weighted by atomic mass is 79.9. The van der Waals surface area contributed by atoms with E-state index in [-0.39, 0.29) is 10.6 Å². The smallest absolute Gasteiger partial charge is 0.407 e. The molecule has 2 N–H and O–H groups in total. The average Bonchev–Trinajstić information content (AvgIpc) is 2.44. The molecule has 128 valence electrons. The van der Waals surface area contributed by atoms with Gasteiger partial charge in [0.15, 0.2) is 0 Å². The van der Waals surface area contributed by atoms with Crippen LogP contribution in [0.4, 0.5) is 10.5 Å². The van der Waals surface area contributed by atoms with E-state index in [9.17, 15) is 9.59 Å². The Morgan fingerprint density at radius 3 is 2.48 bits per heavy atom. The first kappa shape index (κ1) is 19.6. The Balaban J connectivity index is 2.64. The normalized spacial score (nSPS) is 10.9. The maximum atomic E-state index is 11.8. The van der Waals surface area contributed by atoms with E-state index in [0.717, 1.165) is 0 Å². The number of hydrogen-bond donors (Lipinski definition) is 2. The van der Waals surface area contributed by atoms with Gasteiger partial charge < -0.3 is 20.1 Å². The van der Waals surface area contributed by atoms with E-state index in [1.165, 1.54) is 7.11 Å². The molecule has 0 unspecified atom stereocenters. The molecule has 23 heavy (non-hydrogen) atoms. The summed E-state index contributed by atoms with van der Waals surface area (Å²) >= 11 is 9.40. The summed E-state index contributed by atoms with van der Waals surface area (Å²) in [6.45, 7) is 6.08. The highest BCUT2D eigenvalue weighted by Crippen LogP contribution is 2.32. The van der Waals surface area contributed by atoms with Crippen LogP contribution in [-0.4, -0.2) is 37.9 Å². The molecule has 6 nitrogen and oxygen atoms in total. The standard InChI is InChI=1S/C15H20BrClN2O4/c1-15(2,3)23-14(21)19-8-7-18-10-6-5-9(16)12(17)11(10)13(20)22-4/h5-6,18H,7-8H2,1-4H3,(H,19,21). The number of hydrogen-bond acceptors (Lipinski definition) is 5. The number of methoxy groups -OCH3 is 1. The number of halogens is 2. The van der Waals surface area contributed by atoms with Gasteiger partial charge in [0.2, 0.25) is 0 Å². The molecule has 0 aliphatic heterocycles. The van der Waals surface area contributed by atoms with Crippen molar-refractivity contribution in [1.82, 2.24) is 5.32 Å². The topological polar surface area (TPSA) is 76.7 Å². The molecule has 1 aromatic carbocycles. The maximum Gasteiger partial charge on any atom is 0.407 e. The van der Waals surface area contributed by atoms with Crippen LogP contribution in [0.5, 0.6) is 0 Å². The van der Waals surface area contributed by atoms with Crippen molar-refractivity contribution in [3.63, 3.8) is 0 Å². The third kappa shape index (κ3) is 6.27. The first-order valence-corrected chi connectivity index (χ1v) is 8.10. The number of amides is 1. The molecule has 0 aliphatic rings. The van der Waals surface area contributed by atoms with Gasteiger partial charge in [0.25, 0.3) is 0 Å². The monoisotopic (exact) mass is 406 g/mol. The van der Waals surface area contributed by atoms with E-state index in [0.29, 0.717) is 23.2 Å². The number of alkyl carbamates (subject to hydrolysis) is 1. The van der Waals surface area contributed by atoms with E-state index in [1.54, 1.807) is 32.9 Å². The van der Waals surface area contributed by atoms with Gasteiger partial charge in [-0.15, -0.1) is 0 Å². The number of ether oxygens (including phenoxy) is 2. The molecule has 0 saturated carbocycles. The molecule has 0 heterocycles. The van der Waals surface area contributed by atoms with Crippen LogP contribution in [-0.2, 0) is 9.47 Å². The lowest BCUT2D eigenvalue weighted by molar-refractivity contribution is 0.0528. The lowest BCUT2D eigenvalue weighted by atomic mass is 10.1. The van der Waals surface area contributed by atoms with E-state index >= 15 is 0 Å². The fourth-order valence-corrected chi connectivity index (χ4v) is 2.25. The number of carbonyl (C=O) groups is 2. The Bertz CT molecular complexity index is 588. The van der Waals surface area contributed by atoms with Crippen LogP contribution in [0.1, 0.15) is 31.1 Å². The van der Waals surface area contributed by atoms with Crippen molar-refractivity contribution in [3.05, 3.63) is 27.2 Å². The number of benzene rings is 1. The fourth-order valence-electron chi connectivity index (χ4n) is 1.68. The zero-order valence-electron chi connectivity index (χ0n) is 13.5. The second kappa shape index (κ2) is 8.40. The lowest BCUT2D eigenvalue weighted by Crippen LogP contribution is -2.35. The van der Waals surface area contributed by atoms with Gasteiger partial charge >= 0.3 is 12.1 Å². The summed E-state index contributed by atoms with van der Waals surface area (Å²) in [6.07, 6.45) is -0.499. The largest absolute Gasteiger partial charge is 0.465 e. The highest BCUT2D eigenvalue weighted by Gasteiger charge is 2.19. The van der Waals surface area contributed by atoms with Crippen LogP contribution in [0.2, 0.25) is 5.02 Å². The van der Waals surface area contributed by atoms with Gasteiger partial charge in [-0.2, -0.15) is 0 Å². The zero-order valence-corrected chi connectivity index (χ0v) is 15.8. The highest BCUT2D eigenvalue weighted by molar-refractivity contribution is 9.10. The third-order valence-corrected chi connectivity index (χ3v) is 3.87. The summed E-state index contributed by atoms with van der Waals surface area (Å²) in [5.41, 5.74) is 0.214. The van der Waals surface area contributed by atoms with Crippen LogP contribution < -0.4 is 10.6 Å². The number of rotatable bonds is 5. The van der Waals surface area contributed by atoms with Crippen LogP contribution in [0.15, 0.2) is 16.6 Å². The van der Waals surface area contributed by atoms with Crippen molar-refractivity contribution in [1.29, 1.82) is 0 Å². The van der Waals surface area contributed by atoms with Crippen molar-refractivity contribution in [2.75, 3.05) is 25.5 Å². The quantitative estimate of drug-likeness (QED) is 0.573. The Labute approximate surface area is 149 Å². The van der Waals surface area contributed by atoms with Gasteiger partial charge in [-0.1, -0.05) is 11.6 Å². The summed E-state index contributed by atoms with van der Waals surface area (Å²) in [7, 11) is 1.29. The SMILES string of the molecule is COC(=O)c1c(NCCNC(=O)OC(C)(C)C)ccc(Br)c1Cl. The molecule has 1 rings (SSSR count). The summed E-state index contributed by atoms with van der Waals surface area (Å²) in [5.74, 6) is -0.543. The average molecular weight is 408 g/mol.